The minimum Gasteiger partial charge on any atom is -0.491 e. The molecule has 7 nitrogen and oxygen atoms in total. The standard InChI is InChI=1S/C22H19N3O4/c26-21(24-28)16-8-9-18-13-25(22(27)17-7-4-10-23-12-17)19(14-29-20(18)11-16)15-5-2-1-3-6-15/h1-12,19,28H,13-14H2,(H,24,26)/t19-/m1/s1. The Kier molecular flexibility index (Phi) is 5.22. The summed E-state index contributed by atoms with van der Waals surface area (Å²) in [6.07, 6.45) is 3.17. The van der Waals surface area contributed by atoms with Crippen LogP contribution in [0.25, 0.3) is 0 Å². The lowest BCUT2D eigenvalue weighted by Gasteiger charge is -2.29. The molecule has 2 amide bonds. The van der Waals surface area contributed by atoms with Gasteiger partial charge in [0.25, 0.3) is 11.8 Å². The Bertz CT molecular complexity index is 1020. The van der Waals surface area contributed by atoms with Crippen LogP contribution in [0.15, 0.2) is 73.1 Å². The first kappa shape index (κ1) is 18.6. The van der Waals surface area contributed by atoms with Crippen LogP contribution in [0.2, 0.25) is 0 Å². The first-order valence-electron chi connectivity index (χ1n) is 9.13. The molecule has 2 N–H and O–H groups in total. The number of hydrogen-bond acceptors (Lipinski definition) is 5. The number of pyridine rings is 1. The largest absolute Gasteiger partial charge is 0.491 e. The molecule has 7 heteroatoms. The van der Waals surface area contributed by atoms with Crippen LogP contribution in [-0.4, -0.2) is 33.5 Å². The average Bonchev–Trinajstić information content (AvgIpc) is 2.98. The summed E-state index contributed by atoms with van der Waals surface area (Å²) in [6.45, 7) is 0.539. The van der Waals surface area contributed by atoms with E-state index in [-0.39, 0.29) is 24.1 Å². The third-order valence-electron chi connectivity index (χ3n) is 4.90. The van der Waals surface area contributed by atoms with E-state index in [1.54, 1.807) is 53.1 Å². The number of carbonyl (C=O) groups is 2. The molecule has 1 aliphatic rings. The second-order valence-electron chi connectivity index (χ2n) is 6.68. The normalized spacial score (nSPS) is 15.6. The van der Waals surface area contributed by atoms with Crippen molar-refractivity contribution < 1.29 is 19.5 Å². The van der Waals surface area contributed by atoms with Gasteiger partial charge in [0.05, 0.1) is 18.2 Å². The zero-order chi connectivity index (χ0) is 20.2. The molecule has 4 rings (SSSR count). The van der Waals surface area contributed by atoms with Gasteiger partial charge in [0.15, 0.2) is 0 Å². The number of aromatic nitrogens is 1. The Morgan fingerprint density at radius 1 is 1.07 bits per heavy atom. The highest BCUT2D eigenvalue weighted by molar-refractivity contribution is 5.95. The minimum absolute atomic E-state index is 0.152. The van der Waals surface area contributed by atoms with E-state index in [1.807, 2.05) is 30.3 Å². The highest BCUT2D eigenvalue weighted by atomic mass is 16.5. The zero-order valence-electron chi connectivity index (χ0n) is 15.5. The smallest absolute Gasteiger partial charge is 0.274 e. The molecule has 3 aromatic rings. The molecule has 1 atom stereocenters. The van der Waals surface area contributed by atoms with Gasteiger partial charge in [-0.2, -0.15) is 0 Å². The molecule has 0 radical (unpaired) electrons. The third-order valence-corrected chi connectivity index (χ3v) is 4.90. The maximum Gasteiger partial charge on any atom is 0.274 e. The molecule has 0 unspecified atom stereocenters. The van der Waals surface area contributed by atoms with E-state index in [1.165, 1.54) is 0 Å². The Labute approximate surface area is 167 Å². The fourth-order valence-electron chi connectivity index (χ4n) is 3.40. The van der Waals surface area contributed by atoms with Crippen molar-refractivity contribution >= 4 is 11.8 Å². The number of benzene rings is 2. The Balaban J connectivity index is 1.74. The van der Waals surface area contributed by atoms with E-state index in [2.05, 4.69) is 4.98 Å². The van der Waals surface area contributed by atoms with Crippen LogP contribution in [0.5, 0.6) is 5.75 Å². The highest BCUT2D eigenvalue weighted by Crippen LogP contribution is 2.33. The summed E-state index contributed by atoms with van der Waals surface area (Å²) < 4.78 is 6.00. The fraction of sp³-hybridized carbons (Fsp3) is 0.136. The number of amides is 2. The van der Waals surface area contributed by atoms with Crippen LogP contribution in [0.1, 0.15) is 37.9 Å². The molecule has 0 fully saturated rings. The summed E-state index contributed by atoms with van der Waals surface area (Å²) in [5.74, 6) is -0.266. The molecule has 0 bridgehead atoms. The fourth-order valence-corrected chi connectivity index (χ4v) is 3.40. The molecule has 0 spiro atoms. The van der Waals surface area contributed by atoms with Crippen molar-refractivity contribution in [1.82, 2.24) is 15.4 Å². The second-order valence-corrected chi connectivity index (χ2v) is 6.68. The highest BCUT2D eigenvalue weighted by Gasteiger charge is 2.31. The summed E-state index contributed by atoms with van der Waals surface area (Å²) in [7, 11) is 0. The molecule has 0 saturated heterocycles. The average molecular weight is 389 g/mol. The lowest BCUT2D eigenvalue weighted by atomic mass is 10.0. The quantitative estimate of drug-likeness (QED) is 0.531. The van der Waals surface area contributed by atoms with Crippen molar-refractivity contribution in [2.75, 3.05) is 6.61 Å². The van der Waals surface area contributed by atoms with Gasteiger partial charge >= 0.3 is 0 Å². The van der Waals surface area contributed by atoms with E-state index in [4.69, 9.17) is 9.94 Å². The number of nitrogens with zero attached hydrogens (tertiary/aromatic N) is 2. The zero-order valence-corrected chi connectivity index (χ0v) is 15.5. The van der Waals surface area contributed by atoms with Crippen molar-refractivity contribution in [2.24, 2.45) is 0 Å². The summed E-state index contributed by atoms with van der Waals surface area (Å²) >= 11 is 0. The molecule has 0 saturated carbocycles. The van der Waals surface area contributed by atoms with Gasteiger partial charge < -0.3 is 9.64 Å². The van der Waals surface area contributed by atoms with E-state index < -0.39 is 5.91 Å². The summed E-state index contributed by atoms with van der Waals surface area (Å²) in [4.78, 5) is 30.9. The number of hydrogen-bond donors (Lipinski definition) is 2. The third kappa shape index (κ3) is 3.81. The molecule has 2 aromatic carbocycles. The number of carbonyl (C=O) groups excluding carboxylic acids is 2. The van der Waals surface area contributed by atoms with Crippen LogP contribution >= 0.6 is 0 Å². The van der Waals surface area contributed by atoms with Crippen molar-refractivity contribution in [3.05, 3.63) is 95.3 Å². The van der Waals surface area contributed by atoms with Gasteiger partial charge in [-0.25, -0.2) is 5.48 Å². The van der Waals surface area contributed by atoms with Crippen molar-refractivity contribution in [1.29, 1.82) is 0 Å². The number of hydroxylamine groups is 1. The second kappa shape index (κ2) is 8.12. The first-order chi connectivity index (χ1) is 14.2. The van der Waals surface area contributed by atoms with Gasteiger partial charge in [0, 0.05) is 23.5 Å². The molecule has 2 heterocycles. The summed E-state index contributed by atoms with van der Waals surface area (Å²) in [6, 6.07) is 17.7. The predicted octanol–water partition coefficient (Wildman–Crippen LogP) is 2.98. The maximum atomic E-state index is 13.3. The Morgan fingerprint density at radius 2 is 1.90 bits per heavy atom. The van der Waals surface area contributed by atoms with Gasteiger partial charge in [-0.05, 0) is 29.8 Å². The lowest BCUT2D eigenvalue weighted by molar-refractivity contribution is 0.0621. The van der Waals surface area contributed by atoms with Gasteiger partial charge in [-0.15, -0.1) is 0 Å². The number of fused-ring (bicyclic) bond motifs is 1. The van der Waals surface area contributed by atoms with Crippen LogP contribution in [-0.2, 0) is 6.54 Å². The van der Waals surface area contributed by atoms with E-state index >= 15 is 0 Å². The monoisotopic (exact) mass is 389 g/mol. The van der Waals surface area contributed by atoms with Crippen molar-refractivity contribution in [2.45, 2.75) is 12.6 Å². The molecule has 29 heavy (non-hydrogen) atoms. The molecule has 146 valence electrons. The van der Waals surface area contributed by atoms with E-state index in [9.17, 15) is 9.59 Å². The molecule has 0 aliphatic carbocycles. The SMILES string of the molecule is O=C(NO)c1ccc2c(c1)OC[C@H](c1ccccc1)N(C(=O)c1cccnc1)C2. The van der Waals surface area contributed by atoms with Gasteiger partial charge in [-0.1, -0.05) is 36.4 Å². The Morgan fingerprint density at radius 3 is 2.62 bits per heavy atom. The van der Waals surface area contributed by atoms with Crippen LogP contribution in [0.4, 0.5) is 0 Å². The lowest BCUT2D eigenvalue weighted by Crippen LogP contribution is -2.36. The van der Waals surface area contributed by atoms with Gasteiger partial charge in [-0.3, -0.25) is 19.8 Å². The van der Waals surface area contributed by atoms with Crippen LogP contribution < -0.4 is 10.2 Å². The summed E-state index contributed by atoms with van der Waals surface area (Å²) in [5.41, 5.74) is 4.11. The topological polar surface area (TPSA) is 91.8 Å². The molecular formula is C22H19N3O4. The molecule has 1 aliphatic heterocycles. The van der Waals surface area contributed by atoms with Crippen LogP contribution in [0.3, 0.4) is 0 Å². The van der Waals surface area contributed by atoms with E-state index in [0.717, 1.165) is 11.1 Å². The first-order valence-corrected chi connectivity index (χ1v) is 9.13. The van der Waals surface area contributed by atoms with Crippen LogP contribution in [0, 0.1) is 0 Å². The summed E-state index contributed by atoms with van der Waals surface area (Å²) in [5, 5.41) is 8.88. The number of nitrogens with one attached hydrogen (secondary N) is 1. The Hall–Kier alpha value is -3.71. The molecular weight excluding hydrogens is 370 g/mol. The minimum atomic E-state index is -0.622. The van der Waals surface area contributed by atoms with Crippen molar-refractivity contribution in [3.8, 4) is 5.75 Å². The van der Waals surface area contributed by atoms with Crippen molar-refractivity contribution in [3.63, 3.8) is 0 Å². The number of ether oxygens (including phenoxy) is 1. The number of rotatable bonds is 3. The molecule has 1 aromatic heterocycles. The van der Waals surface area contributed by atoms with Gasteiger partial charge in [0.1, 0.15) is 12.4 Å². The van der Waals surface area contributed by atoms with Gasteiger partial charge in [0.2, 0.25) is 0 Å². The predicted molar refractivity (Wildman–Crippen MR) is 104 cm³/mol. The van der Waals surface area contributed by atoms with E-state index in [0.29, 0.717) is 17.9 Å². The maximum absolute atomic E-state index is 13.3.